The summed E-state index contributed by atoms with van der Waals surface area (Å²) in [6, 6.07) is 1.77. The van der Waals surface area contributed by atoms with Crippen LogP contribution < -0.4 is 5.69 Å². The van der Waals surface area contributed by atoms with Gasteiger partial charge in [0, 0.05) is 24.4 Å². The molecule has 30 heavy (non-hydrogen) atoms. The van der Waals surface area contributed by atoms with Gasteiger partial charge in [0.2, 0.25) is 0 Å². The Morgan fingerprint density at radius 1 is 1.27 bits per heavy atom. The van der Waals surface area contributed by atoms with E-state index in [0.717, 1.165) is 37.1 Å². The van der Waals surface area contributed by atoms with Gasteiger partial charge >= 0.3 is 5.69 Å². The van der Waals surface area contributed by atoms with E-state index in [2.05, 4.69) is 23.1 Å². The molecule has 3 rings (SSSR count). The van der Waals surface area contributed by atoms with Gasteiger partial charge < -0.3 is 4.74 Å². The van der Waals surface area contributed by atoms with Crippen LogP contribution in [0.3, 0.4) is 0 Å². The fraction of sp³-hybridized carbons (Fsp3) is 0.435. The van der Waals surface area contributed by atoms with Gasteiger partial charge in [-0.3, -0.25) is 4.98 Å². The molecule has 6 nitrogen and oxygen atoms in total. The van der Waals surface area contributed by atoms with Crippen LogP contribution in [0.2, 0.25) is 5.02 Å². The van der Waals surface area contributed by atoms with Gasteiger partial charge in [-0.25, -0.2) is 14.0 Å². The van der Waals surface area contributed by atoms with E-state index in [0.29, 0.717) is 16.4 Å². The summed E-state index contributed by atoms with van der Waals surface area (Å²) in [6.07, 6.45) is 14.7. The van der Waals surface area contributed by atoms with Crippen LogP contribution in [0.25, 0.3) is 17.1 Å². The second-order valence-corrected chi connectivity index (χ2v) is 8.12. The smallest absolute Gasteiger partial charge is 0.351 e. The average molecular weight is 429 g/mol. The van der Waals surface area contributed by atoms with Crippen molar-refractivity contribution in [2.24, 2.45) is 0 Å². The maximum Gasteiger partial charge on any atom is 0.351 e. The quantitative estimate of drug-likeness (QED) is 0.574. The third kappa shape index (κ3) is 4.93. The fourth-order valence-electron chi connectivity index (χ4n) is 3.47. The molecule has 2 aromatic heterocycles. The van der Waals surface area contributed by atoms with Crippen LogP contribution in [0.1, 0.15) is 59.4 Å². The second-order valence-electron chi connectivity index (χ2n) is 7.71. The number of rotatable bonds is 7. The standard InChI is InChI=1S/C23H29ClN4O2/c1-5-8-17(4)28-23(29)27(22(26-28)20-13-14-25-15-21(20)24)18-9-6-7-10-19(12-11-18)30-16(2)3/h6,9,11-17H,5,7-8,10H2,1-4H3/b9-6-,18-11+,19-12+. The summed E-state index contributed by atoms with van der Waals surface area (Å²) >= 11 is 6.41. The van der Waals surface area contributed by atoms with Gasteiger partial charge in [0.05, 0.1) is 28.6 Å². The summed E-state index contributed by atoms with van der Waals surface area (Å²) < 4.78 is 9.07. The van der Waals surface area contributed by atoms with Gasteiger partial charge in [-0.1, -0.05) is 31.0 Å². The predicted octanol–water partition coefficient (Wildman–Crippen LogP) is 5.62. The molecule has 0 spiro atoms. The van der Waals surface area contributed by atoms with Crippen molar-refractivity contribution in [1.29, 1.82) is 0 Å². The monoisotopic (exact) mass is 428 g/mol. The molecule has 0 aromatic carbocycles. The molecule has 1 aliphatic rings. The van der Waals surface area contributed by atoms with Gasteiger partial charge in [0.15, 0.2) is 5.82 Å². The van der Waals surface area contributed by atoms with E-state index in [9.17, 15) is 4.79 Å². The highest BCUT2D eigenvalue weighted by atomic mass is 35.5. The topological polar surface area (TPSA) is 61.9 Å². The van der Waals surface area contributed by atoms with E-state index in [1.807, 2.05) is 39.0 Å². The largest absolute Gasteiger partial charge is 0.495 e. The first-order valence-corrected chi connectivity index (χ1v) is 10.9. The number of aromatic nitrogens is 4. The molecule has 1 unspecified atom stereocenters. The summed E-state index contributed by atoms with van der Waals surface area (Å²) in [5, 5.41) is 5.14. The van der Waals surface area contributed by atoms with Crippen LogP contribution in [0.4, 0.5) is 0 Å². The van der Waals surface area contributed by atoms with E-state index < -0.39 is 0 Å². The molecule has 0 saturated heterocycles. The zero-order valence-corrected chi connectivity index (χ0v) is 18.8. The van der Waals surface area contributed by atoms with Crippen molar-refractivity contribution in [3.8, 4) is 11.4 Å². The first kappa shape index (κ1) is 22.1. The van der Waals surface area contributed by atoms with Crippen LogP contribution in [-0.2, 0) is 4.74 Å². The third-order valence-corrected chi connectivity index (χ3v) is 5.17. The molecule has 0 radical (unpaired) electrons. The zero-order chi connectivity index (χ0) is 21.7. The van der Waals surface area contributed by atoms with Crippen molar-refractivity contribution in [2.75, 3.05) is 0 Å². The van der Waals surface area contributed by atoms with Gasteiger partial charge in [-0.05, 0) is 57.9 Å². The molecule has 0 saturated carbocycles. The number of hydrogen-bond donors (Lipinski definition) is 0. The van der Waals surface area contributed by atoms with E-state index in [1.165, 1.54) is 0 Å². The van der Waals surface area contributed by atoms with Crippen LogP contribution in [0.15, 0.2) is 53.3 Å². The Kier molecular flexibility index (Phi) is 7.32. The summed E-state index contributed by atoms with van der Waals surface area (Å²) in [7, 11) is 0. The molecule has 0 fully saturated rings. The minimum Gasteiger partial charge on any atom is -0.495 e. The molecule has 0 aliphatic heterocycles. The maximum atomic E-state index is 13.4. The lowest BCUT2D eigenvalue weighted by atomic mass is 10.1. The van der Waals surface area contributed by atoms with E-state index in [4.69, 9.17) is 16.3 Å². The highest BCUT2D eigenvalue weighted by molar-refractivity contribution is 6.33. The average Bonchev–Trinajstić information content (AvgIpc) is 3.02. The van der Waals surface area contributed by atoms with Crippen molar-refractivity contribution in [1.82, 2.24) is 19.3 Å². The lowest BCUT2D eigenvalue weighted by Gasteiger charge is -2.14. The highest BCUT2D eigenvalue weighted by Crippen LogP contribution is 2.28. The summed E-state index contributed by atoms with van der Waals surface area (Å²) in [4.78, 5) is 17.5. The molecule has 1 atom stereocenters. The van der Waals surface area contributed by atoms with Gasteiger partial charge in [0.1, 0.15) is 0 Å². The molecule has 7 heteroatoms. The highest BCUT2D eigenvalue weighted by Gasteiger charge is 2.22. The maximum absolute atomic E-state index is 13.4. The molecule has 0 N–H and O–H groups in total. The van der Waals surface area contributed by atoms with Crippen LogP contribution in [0, 0.1) is 0 Å². The minimum atomic E-state index is -0.185. The predicted molar refractivity (Wildman–Crippen MR) is 121 cm³/mol. The van der Waals surface area contributed by atoms with Crippen molar-refractivity contribution in [2.45, 2.75) is 65.5 Å². The normalized spacial score (nSPS) is 19.9. The Hall–Kier alpha value is -2.60. The number of halogens is 1. The van der Waals surface area contributed by atoms with Crippen LogP contribution >= 0.6 is 11.6 Å². The Morgan fingerprint density at radius 3 is 2.77 bits per heavy atom. The van der Waals surface area contributed by atoms with Gasteiger partial charge in [0.25, 0.3) is 0 Å². The Morgan fingerprint density at radius 2 is 2.07 bits per heavy atom. The van der Waals surface area contributed by atoms with E-state index in [-0.39, 0.29) is 17.8 Å². The lowest BCUT2D eigenvalue weighted by Crippen LogP contribution is -2.27. The number of nitrogens with zero attached hydrogens (tertiary/aromatic N) is 4. The first-order chi connectivity index (χ1) is 14.4. The van der Waals surface area contributed by atoms with Crippen molar-refractivity contribution < 1.29 is 4.74 Å². The third-order valence-electron chi connectivity index (χ3n) is 4.87. The summed E-state index contributed by atoms with van der Waals surface area (Å²) in [5.74, 6) is 1.40. The molecule has 160 valence electrons. The number of hydrogen-bond acceptors (Lipinski definition) is 4. The van der Waals surface area contributed by atoms with Crippen molar-refractivity contribution >= 4 is 17.3 Å². The SMILES string of the molecule is CCCC(C)n1nc(-c2ccncc2Cl)n(C2=C/C=C(/OC(C)C)CC/C=C\2)c1=O. The van der Waals surface area contributed by atoms with E-state index in [1.54, 1.807) is 27.7 Å². The Balaban J connectivity index is 2.19. The summed E-state index contributed by atoms with van der Waals surface area (Å²) in [6.45, 7) is 8.12. The number of allylic oxidation sites excluding steroid dienone is 6. The van der Waals surface area contributed by atoms with Crippen molar-refractivity contribution in [3.63, 3.8) is 0 Å². The van der Waals surface area contributed by atoms with Crippen molar-refractivity contribution in [3.05, 3.63) is 64.0 Å². The molecule has 0 bridgehead atoms. The molecule has 0 amide bonds. The van der Waals surface area contributed by atoms with Crippen LogP contribution in [-0.4, -0.2) is 25.4 Å². The Labute approximate surface area is 182 Å². The second kappa shape index (κ2) is 9.94. The first-order valence-electron chi connectivity index (χ1n) is 10.5. The molecule has 2 heterocycles. The Bertz CT molecular complexity index is 1030. The molecular weight excluding hydrogens is 400 g/mol. The van der Waals surface area contributed by atoms with Gasteiger partial charge in [-0.15, -0.1) is 5.10 Å². The summed E-state index contributed by atoms with van der Waals surface area (Å²) in [5.41, 5.74) is 1.21. The van der Waals surface area contributed by atoms with E-state index >= 15 is 0 Å². The number of ether oxygens (including phenoxy) is 1. The fourth-order valence-corrected chi connectivity index (χ4v) is 3.67. The lowest BCUT2D eigenvalue weighted by molar-refractivity contribution is 0.140. The molecule has 2 aromatic rings. The molecule has 1 aliphatic carbocycles. The van der Waals surface area contributed by atoms with Gasteiger partial charge in [-0.2, -0.15) is 0 Å². The van der Waals surface area contributed by atoms with Crippen LogP contribution in [0.5, 0.6) is 0 Å². The molecular formula is C23H29ClN4O2. The zero-order valence-electron chi connectivity index (χ0n) is 18.0. The minimum absolute atomic E-state index is 0.0170. The number of pyridine rings is 1.